The van der Waals surface area contributed by atoms with Gasteiger partial charge in [0.2, 0.25) is 5.91 Å². The molecule has 6 nitrogen and oxygen atoms in total. The number of thioether (sulfide) groups is 1. The summed E-state index contributed by atoms with van der Waals surface area (Å²) >= 11 is 1.03. The van der Waals surface area contributed by atoms with Crippen molar-refractivity contribution in [3.8, 4) is 0 Å². The second-order valence-electron chi connectivity index (χ2n) is 5.62. The highest BCUT2D eigenvalue weighted by Crippen LogP contribution is 2.23. The molecule has 128 valence electrons. The summed E-state index contributed by atoms with van der Waals surface area (Å²) in [5.74, 6) is -0.414. The normalized spacial score (nSPS) is 16.6. The van der Waals surface area contributed by atoms with Crippen molar-refractivity contribution in [2.24, 2.45) is 0 Å². The van der Waals surface area contributed by atoms with E-state index in [4.69, 9.17) is 0 Å². The molecule has 1 aromatic carbocycles. The molecule has 25 heavy (non-hydrogen) atoms. The largest absolute Gasteiger partial charge is 0.350 e. The van der Waals surface area contributed by atoms with E-state index in [0.717, 1.165) is 22.9 Å². The van der Waals surface area contributed by atoms with Crippen LogP contribution in [-0.4, -0.2) is 33.8 Å². The monoisotopic (exact) mass is 355 g/mol. The lowest BCUT2D eigenvalue weighted by atomic mass is 10.1. The van der Waals surface area contributed by atoms with Gasteiger partial charge >= 0.3 is 0 Å². The van der Waals surface area contributed by atoms with E-state index in [9.17, 15) is 14.4 Å². The zero-order valence-corrected chi connectivity index (χ0v) is 14.2. The summed E-state index contributed by atoms with van der Waals surface area (Å²) in [4.78, 5) is 38.7. The second kappa shape index (κ2) is 7.94. The minimum absolute atomic E-state index is 0.189. The average Bonchev–Trinajstić information content (AvgIpc) is 2.94. The van der Waals surface area contributed by atoms with Crippen molar-refractivity contribution >= 4 is 28.8 Å². The van der Waals surface area contributed by atoms with Crippen LogP contribution in [0.25, 0.3) is 0 Å². The number of nitrogens with one attached hydrogen (secondary N) is 2. The van der Waals surface area contributed by atoms with E-state index in [1.54, 1.807) is 24.4 Å². The Morgan fingerprint density at radius 3 is 2.52 bits per heavy atom. The Hall–Kier alpha value is -2.67. The Morgan fingerprint density at radius 2 is 1.88 bits per heavy atom. The van der Waals surface area contributed by atoms with Gasteiger partial charge in [-0.25, -0.2) is 0 Å². The number of benzene rings is 1. The quantitative estimate of drug-likeness (QED) is 0.827. The third-order valence-corrected chi connectivity index (χ3v) is 4.79. The first kappa shape index (κ1) is 17.2. The van der Waals surface area contributed by atoms with Crippen molar-refractivity contribution in [2.45, 2.75) is 18.1 Å². The van der Waals surface area contributed by atoms with Gasteiger partial charge in [0.05, 0.1) is 5.25 Å². The van der Waals surface area contributed by atoms with E-state index in [-0.39, 0.29) is 22.3 Å². The number of carbonyl (C=O) groups excluding carboxylic acids is 3. The fourth-order valence-corrected chi connectivity index (χ4v) is 3.35. The van der Waals surface area contributed by atoms with Gasteiger partial charge in [0, 0.05) is 12.7 Å². The smallest absolute Gasteiger partial charge is 0.286 e. The van der Waals surface area contributed by atoms with Gasteiger partial charge in [-0.05, 0) is 36.1 Å². The predicted octanol–water partition coefficient (Wildman–Crippen LogP) is 1.95. The van der Waals surface area contributed by atoms with E-state index >= 15 is 0 Å². The van der Waals surface area contributed by atoms with Crippen LogP contribution in [0.15, 0.2) is 48.7 Å². The number of pyridine rings is 1. The number of nitrogens with zero attached hydrogens (tertiary/aromatic N) is 1. The zero-order valence-electron chi connectivity index (χ0n) is 13.4. The Balaban J connectivity index is 1.47. The molecule has 1 fully saturated rings. The van der Waals surface area contributed by atoms with Gasteiger partial charge in [-0.15, -0.1) is 0 Å². The van der Waals surface area contributed by atoms with Crippen molar-refractivity contribution < 1.29 is 14.4 Å². The van der Waals surface area contributed by atoms with Gasteiger partial charge in [0.15, 0.2) is 0 Å². The summed E-state index contributed by atoms with van der Waals surface area (Å²) in [7, 11) is 0. The number of hydrogen-bond donors (Lipinski definition) is 2. The third-order valence-electron chi connectivity index (χ3n) is 3.81. The van der Waals surface area contributed by atoms with Crippen LogP contribution in [0.2, 0.25) is 0 Å². The molecular formula is C18H17N3O3S. The Kier molecular flexibility index (Phi) is 5.45. The summed E-state index contributed by atoms with van der Waals surface area (Å²) < 4.78 is 0. The number of aromatic nitrogens is 1. The average molecular weight is 355 g/mol. The SMILES string of the molecule is O=C1NC(=O)[C@H](Cc2ccc(CCNC(=O)c3ccccn3)cc2)S1. The van der Waals surface area contributed by atoms with Crippen molar-refractivity contribution in [2.75, 3.05) is 6.54 Å². The van der Waals surface area contributed by atoms with Gasteiger partial charge in [-0.3, -0.25) is 24.7 Å². The standard InChI is InChI=1S/C18H17N3O3S/c22-16(14-3-1-2-9-19-14)20-10-8-12-4-6-13(7-5-12)11-15-17(23)21-18(24)25-15/h1-7,9,15H,8,10-11H2,(H,20,22)(H,21,23,24)/t15-/m0/s1. The molecule has 0 bridgehead atoms. The molecule has 1 saturated heterocycles. The number of rotatable bonds is 6. The molecular weight excluding hydrogens is 338 g/mol. The zero-order chi connectivity index (χ0) is 17.6. The first-order valence-corrected chi connectivity index (χ1v) is 8.78. The van der Waals surface area contributed by atoms with Gasteiger partial charge in [-0.2, -0.15) is 0 Å². The molecule has 0 aliphatic carbocycles. The van der Waals surface area contributed by atoms with Crippen LogP contribution in [0.5, 0.6) is 0 Å². The highest BCUT2D eigenvalue weighted by Gasteiger charge is 2.31. The number of amides is 3. The molecule has 2 N–H and O–H groups in total. The van der Waals surface area contributed by atoms with Crippen LogP contribution in [0, 0.1) is 0 Å². The molecule has 1 atom stereocenters. The molecule has 7 heteroatoms. The Bertz CT molecular complexity index is 778. The summed E-state index contributed by atoms with van der Waals surface area (Å²) in [6.45, 7) is 0.518. The lowest BCUT2D eigenvalue weighted by Crippen LogP contribution is -2.26. The van der Waals surface area contributed by atoms with Crippen molar-refractivity contribution in [1.29, 1.82) is 0 Å². The maximum Gasteiger partial charge on any atom is 0.286 e. The number of carbonyl (C=O) groups is 3. The van der Waals surface area contributed by atoms with Crippen LogP contribution in [0.3, 0.4) is 0 Å². The highest BCUT2D eigenvalue weighted by atomic mass is 32.2. The van der Waals surface area contributed by atoms with Gasteiger partial charge in [-0.1, -0.05) is 42.1 Å². The molecule has 1 aliphatic heterocycles. The summed E-state index contributed by atoms with van der Waals surface area (Å²) in [5.41, 5.74) is 2.49. The van der Waals surface area contributed by atoms with Gasteiger partial charge in [0.1, 0.15) is 5.69 Å². The van der Waals surface area contributed by atoms with E-state index < -0.39 is 0 Å². The molecule has 3 rings (SSSR count). The first-order chi connectivity index (χ1) is 12.1. The topological polar surface area (TPSA) is 88.2 Å². The van der Waals surface area contributed by atoms with E-state index in [1.807, 2.05) is 24.3 Å². The first-order valence-electron chi connectivity index (χ1n) is 7.90. The molecule has 0 saturated carbocycles. The van der Waals surface area contributed by atoms with Crippen molar-refractivity contribution in [3.63, 3.8) is 0 Å². The fourth-order valence-electron chi connectivity index (χ4n) is 2.49. The van der Waals surface area contributed by atoms with Crippen LogP contribution >= 0.6 is 11.8 Å². The molecule has 2 heterocycles. The molecule has 0 unspecified atom stereocenters. The van der Waals surface area contributed by atoms with Crippen LogP contribution in [-0.2, 0) is 17.6 Å². The second-order valence-corrected chi connectivity index (χ2v) is 6.80. The van der Waals surface area contributed by atoms with Crippen molar-refractivity contribution in [3.05, 3.63) is 65.5 Å². The minimum Gasteiger partial charge on any atom is -0.350 e. The number of hydrogen-bond acceptors (Lipinski definition) is 5. The summed E-state index contributed by atoms with van der Waals surface area (Å²) in [5, 5.41) is 4.49. The van der Waals surface area contributed by atoms with Crippen LogP contribution in [0.1, 0.15) is 21.6 Å². The molecule has 2 aromatic rings. The molecule has 1 aromatic heterocycles. The van der Waals surface area contributed by atoms with Crippen LogP contribution < -0.4 is 10.6 Å². The van der Waals surface area contributed by atoms with Gasteiger partial charge in [0.25, 0.3) is 11.1 Å². The molecule has 0 radical (unpaired) electrons. The molecule has 1 aliphatic rings. The fraction of sp³-hybridized carbons (Fsp3) is 0.222. The molecule has 3 amide bonds. The van der Waals surface area contributed by atoms with Crippen molar-refractivity contribution in [1.82, 2.24) is 15.6 Å². The predicted molar refractivity (Wildman–Crippen MR) is 95.3 cm³/mol. The number of imide groups is 1. The maximum absolute atomic E-state index is 11.9. The summed E-state index contributed by atoms with van der Waals surface area (Å²) in [6, 6.07) is 13.1. The Labute approximate surface area is 149 Å². The van der Waals surface area contributed by atoms with Gasteiger partial charge < -0.3 is 5.32 Å². The van der Waals surface area contributed by atoms with E-state index in [1.165, 1.54) is 0 Å². The van der Waals surface area contributed by atoms with E-state index in [0.29, 0.717) is 25.1 Å². The van der Waals surface area contributed by atoms with E-state index in [2.05, 4.69) is 15.6 Å². The summed E-state index contributed by atoms with van der Waals surface area (Å²) in [6.07, 6.45) is 2.82. The lowest BCUT2D eigenvalue weighted by Gasteiger charge is -2.08. The Morgan fingerprint density at radius 1 is 1.12 bits per heavy atom. The maximum atomic E-state index is 11.9. The minimum atomic E-state index is -0.351. The molecule has 0 spiro atoms. The van der Waals surface area contributed by atoms with Crippen LogP contribution in [0.4, 0.5) is 4.79 Å². The lowest BCUT2D eigenvalue weighted by molar-refractivity contribution is -0.118. The highest BCUT2D eigenvalue weighted by molar-refractivity contribution is 8.15. The third kappa shape index (κ3) is 4.67.